The van der Waals surface area contributed by atoms with Crippen LogP contribution in [-0.4, -0.2) is 53.6 Å². The van der Waals surface area contributed by atoms with Gasteiger partial charge in [0, 0.05) is 37.6 Å². The fraction of sp³-hybridized carbons (Fsp3) is 0.579. The molecular formula is C19H27ClN2O3. The zero-order valence-electron chi connectivity index (χ0n) is 15.3. The van der Waals surface area contributed by atoms with E-state index in [0.29, 0.717) is 32.6 Å². The molecule has 0 bridgehead atoms. The van der Waals surface area contributed by atoms with Crippen molar-refractivity contribution >= 4 is 23.6 Å². The van der Waals surface area contributed by atoms with Crippen LogP contribution < -0.4 is 0 Å². The molecule has 1 saturated heterocycles. The summed E-state index contributed by atoms with van der Waals surface area (Å²) in [4.78, 5) is 27.9. The van der Waals surface area contributed by atoms with Crippen LogP contribution in [-0.2, 0) is 16.0 Å². The Morgan fingerprint density at radius 1 is 1.04 bits per heavy atom. The van der Waals surface area contributed by atoms with Gasteiger partial charge in [0.05, 0.1) is 0 Å². The Labute approximate surface area is 154 Å². The number of carbonyl (C=O) groups is 2. The lowest BCUT2D eigenvalue weighted by Gasteiger charge is -2.35. The molecule has 138 valence electrons. The average Bonchev–Trinajstić information content (AvgIpc) is 2.55. The number of ether oxygens (including phenoxy) is 1. The smallest absolute Gasteiger partial charge is 0.410 e. The lowest BCUT2D eigenvalue weighted by atomic mass is 10.1. The predicted octanol–water partition coefficient (Wildman–Crippen LogP) is 3.74. The van der Waals surface area contributed by atoms with Crippen molar-refractivity contribution in [2.75, 3.05) is 26.2 Å². The van der Waals surface area contributed by atoms with Gasteiger partial charge in [-0.3, -0.25) is 4.79 Å². The van der Waals surface area contributed by atoms with Gasteiger partial charge in [-0.15, -0.1) is 0 Å². The summed E-state index contributed by atoms with van der Waals surface area (Å²) in [6.45, 7) is 7.75. The predicted molar refractivity (Wildman–Crippen MR) is 98.8 cm³/mol. The van der Waals surface area contributed by atoms with Crippen LogP contribution in [0.1, 0.15) is 39.2 Å². The molecule has 1 heterocycles. The van der Waals surface area contributed by atoms with Gasteiger partial charge in [-0.1, -0.05) is 23.7 Å². The number of rotatable bonds is 4. The first-order valence-electron chi connectivity index (χ1n) is 8.75. The van der Waals surface area contributed by atoms with Crippen LogP contribution in [0, 0.1) is 0 Å². The summed E-state index contributed by atoms with van der Waals surface area (Å²) in [5.41, 5.74) is 0.693. The first-order valence-corrected chi connectivity index (χ1v) is 9.12. The summed E-state index contributed by atoms with van der Waals surface area (Å²) in [6, 6.07) is 7.72. The van der Waals surface area contributed by atoms with Gasteiger partial charge in [-0.25, -0.2) is 4.79 Å². The van der Waals surface area contributed by atoms with E-state index in [1.54, 1.807) is 4.90 Å². The number of halogens is 1. The Bertz CT molecular complexity index is 588. The largest absolute Gasteiger partial charge is 0.444 e. The van der Waals surface area contributed by atoms with Gasteiger partial charge in [-0.2, -0.15) is 0 Å². The summed E-state index contributed by atoms with van der Waals surface area (Å²) in [5, 5.41) is 0.725. The molecule has 1 aromatic rings. The van der Waals surface area contributed by atoms with Gasteiger partial charge < -0.3 is 14.5 Å². The highest BCUT2D eigenvalue weighted by Crippen LogP contribution is 2.14. The van der Waals surface area contributed by atoms with Crippen LogP contribution in [0.5, 0.6) is 0 Å². The van der Waals surface area contributed by atoms with Crippen molar-refractivity contribution in [3.63, 3.8) is 0 Å². The number of benzene rings is 1. The van der Waals surface area contributed by atoms with E-state index >= 15 is 0 Å². The van der Waals surface area contributed by atoms with Crippen molar-refractivity contribution in [3.05, 3.63) is 34.9 Å². The molecule has 6 heteroatoms. The maximum atomic E-state index is 12.3. The molecule has 1 aliphatic heterocycles. The first kappa shape index (κ1) is 19.6. The van der Waals surface area contributed by atoms with Gasteiger partial charge in [0.25, 0.3) is 0 Å². The van der Waals surface area contributed by atoms with Gasteiger partial charge in [0.15, 0.2) is 0 Å². The number of amides is 2. The molecule has 1 aliphatic rings. The van der Waals surface area contributed by atoms with Crippen LogP contribution in [0.4, 0.5) is 4.79 Å². The Kier molecular flexibility index (Phi) is 6.71. The van der Waals surface area contributed by atoms with E-state index in [9.17, 15) is 9.59 Å². The highest BCUT2D eigenvalue weighted by Gasteiger charge is 2.27. The Hall–Kier alpha value is -1.75. The van der Waals surface area contributed by atoms with Crippen molar-refractivity contribution in [2.45, 2.75) is 45.6 Å². The molecule has 2 amide bonds. The van der Waals surface area contributed by atoms with Crippen LogP contribution in [0.2, 0.25) is 5.02 Å². The molecule has 0 unspecified atom stereocenters. The van der Waals surface area contributed by atoms with E-state index in [2.05, 4.69) is 0 Å². The SMILES string of the molecule is CC(C)(C)OC(=O)N1CCN(C(=O)CCCc2ccc(Cl)cc2)CC1. The van der Waals surface area contributed by atoms with Crippen molar-refractivity contribution in [1.29, 1.82) is 0 Å². The molecule has 1 aromatic carbocycles. The second kappa shape index (κ2) is 8.56. The van der Waals surface area contributed by atoms with Gasteiger partial charge in [0.2, 0.25) is 5.91 Å². The van der Waals surface area contributed by atoms with Crippen molar-refractivity contribution in [3.8, 4) is 0 Å². The molecule has 0 aromatic heterocycles. The van der Waals surface area contributed by atoms with E-state index in [1.165, 1.54) is 5.56 Å². The minimum atomic E-state index is -0.494. The van der Waals surface area contributed by atoms with E-state index in [0.717, 1.165) is 17.9 Å². The summed E-state index contributed by atoms with van der Waals surface area (Å²) < 4.78 is 5.37. The lowest BCUT2D eigenvalue weighted by molar-refractivity contribution is -0.133. The maximum absolute atomic E-state index is 12.3. The molecule has 0 radical (unpaired) electrons. The highest BCUT2D eigenvalue weighted by molar-refractivity contribution is 6.30. The fourth-order valence-corrected chi connectivity index (χ4v) is 2.84. The van der Waals surface area contributed by atoms with Crippen LogP contribution >= 0.6 is 11.6 Å². The zero-order chi connectivity index (χ0) is 18.4. The Balaban J connectivity index is 1.70. The van der Waals surface area contributed by atoms with Gasteiger partial charge in [0.1, 0.15) is 5.60 Å². The molecule has 2 rings (SSSR count). The number of nitrogens with zero attached hydrogens (tertiary/aromatic N) is 2. The highest BCUT2D eigenvalue weighted by atomic mass is 35.5. The summed E-state index contributed by atoms with van der Waals surface area (Å²) in [5.74, 6) is 0.151. The molecule has 0 saturated carbocycles. The topological polar surface area (TPSA) is 49.9 Å². The minimum absolute atomic E-state index is 0.151. The molecule has 0 spiro atoms. The van der Waals surface area contributed by atoms with Crippen molar-refractivity contribution < 1.29 is 14.3 Å². The lowest BCUT2D eigenvalue weighted by Crippen LogP contribution is -2.51. The Morgan fingerprint density at radius 3 is 2.16 bits per heavy atom. The van der Waals surface area contributed by atoms with Gasteiger partial charge in [-0.05, 0) is 51.3 Å². The molecule has 25 heavy (non-hydrogen) atoms. The van der Waals surface area contributed by atoms with E-state index in [4.69, 9.17) is 16.3 Å². The van der Waals surface area contributed by atoms with Crippen LogP contribution in [0.3, 0.4) is 0 Å². The standard InChI is InChI=1S/C19H27ClN2O3/c1-19(2,3)25-18(24)22-13-11-21(12-14-22)17(23)6-4-5-15-7-9-16(20)10-8-15/h7-10H,4-6,11-14H2,1-3H3. The van der Waals surface area contributed by atoms with Crippen LogP contribution in [0.15, 0.2) is 24.3 Å². The van der Waals surface area contributed by atoms with Crippen molar-refractivity contribution in [1.82, 2.24) is 9.80 Å². The second-order valence-corrected chi connectivity index (χ2v) is 7.76. The summed E-state index contributed by atoms with van der Waals surface area (Å²) in [6.07, 6.45) is 1.89. The molecular weight excluding hydrogens is 340 g/mol. The number of aryl methyl sites for hydroxylation is 1. The first-order chi connectivity index (χ1) is 11.7. The molecule has 1 fully saturated rings. The summed E-state index contributed by atoms with van der Waals surface area (Å²) in [7, 11) is 0. The number of carbonyl (C=O) groups excluding carboxylic acids is 2. The van der Waals surface area contributed by atoms with E-state index in [1.807, 2.05) is 49.9 Å². The maximum Gasteiger partial charge on any atom is 0.410 e. The fourth-order valence-electron chi connectivity index (χ4n) is 2.72. The van der Waals surface area contributed by atoms with E-state index < -0.39 is 5.60 Å². The quantitative estimate of drug-likeness (QED) is 0.815. The molecule has 0 aliphatic carbocycles. The minimum Gasteiger partial charge on any atom is -0.444 e. The molecule has 0 N–H and O–H groups in total. The monoisotopic (exact) mass is 366 g/mol. The molecule has 0 atom stereocenters. The third kappa shape index (κ3) is 6.58. The van der Waals surface area contributed by atoms with E-state index in [-0.39, 0.29) is 12.0 Å². The Morgan fingerprint density at radius 2 is 1.60 bits per heavy atom. The molecule has 5 nitrogen and oxygen atoms in total. The third-order valence-corrected chi connectivity index (χ3v) is 4.31. The zero-order valence-corrected chi connectivity index (χ0v) is 16.0. The number of piperazine rings is 1. The third-order valence-electron chi connectivity index (χ3n) is 4.05. The summed E-state index contributed by atoms with van der Waals surface area (Å²) >= 11 is 5.87. The van der Waals surface area contributed by atoms with Crippen molar-refractivity contribution in [2.24, 2.45) is 0 Å². The second-order valence-electron chi connectivity index (χ2n) is 7.33. The normalized spacial score (nSPS) is 15.2. The van der Waals surface area contributed by atoms with Gasteiger partial charge >= 0.3 is 6.09 Å². The number of hydrogen-bond acceptors (Lipinski definition) is 3. The van der Waals surface area contributed by atoms with Crippen LogP contribution in [0.25, 0.3) is 0 Å². The number of hydrogen-bond donors (Lipinski definition) is 0. The average molecular weight is 367 g/mol.